The Bertz CT molecular complexity index is 1050. The van der Waals surface area contributed by atoms with Crippen LogP contribution in [0.3, 0.4) is 0 Å². The molecule has 30 heavy (non-hydrogen) atoms. The van der Waals surface area contributed by atoms with Crippen molar-refractivity contribution in [2.24, 2.45) is 0 Å². The topological polar surface area (TPSA) is 59.8 Å². The number of aromatic nitrogens is 3. The van der Waals surface area contributed by atoms with Gasteiger partial charge in [-0.25, -0.2) is 0 Å². The van der Waals surface area contributed by atoms with Crippen LogP contribution in [-0.4, -0.2) is 26.4 Å². The van der Waals surface area contributed by atoms with Crippen LogP contribution in [0.15, 0.2) is 66.3 Å². The molecule has 1 aliphatic rings. The van der Waals surface area contributed by atoms with Crippen LogP contribution < -0.4 is 5.32 Å². The summed E-state index contributed by atoms with van der Waals surface area (Å²) in [4.78, 5) is 12.4. The molecule has 0 saturated heterocycles. The van der Waals surface area contributed by atoms with Gasteiger partial charge >= 0.3 is 0 Å². The molecule has 2 aromatic carbocycles. The highest BCUT2D eigenvalue weighted by molar-refractivity contribution is 7.99. The minimum atomic E-state index is -0.210. The SMILES string of the molecule is C=CCn1c(SCC(=O)Nc2c(Cl)cccc2Cl)nnc1C1CC1c1ccccc1. The zero-order chi connectivity index (χ0) is 21.1. The molecule has 4 rings (SSSR count). The van der Waals surface area contributed by atoms with Crippen LogP contribution in [0.1, 0.15) is 29.6 Å². The normalized spacial score (nSPS) is 17.5. The molecule has 2 unspecified atom stereocenters. The fourth-order valence-electron chi connectivity index (χ4n) is 3.45. The van der Waals surface area contributed by atoms with Gasteiger partial charge in [0.15, 0.2) is 5.16 Å². The summed E-state index contributed by atoms with van der Waals surface area (Å²) in [5, 5.41) is 13.0. The minimum Gasteiger partial charge on any atom is -0.323 e. The number of para-hydroxylation sites is 1. The van der Waals surface area contributed by atoms with Gasteiger partial charge in [-0.2, -0.15) is 0 Å². The smallest absolute Gasteiger partial charge is 0.234 e. The van der Waals surface area contributed by atoms with E-state index in [0.717, 1.165) is 12.2 Å². The maximum absolute atomic E-state index is 12.4. The van der Waals surface area contributed by atoms with Crippen molar-refractivity contribution in [1.82, 2.24) is 14.8 Å². The van der Waals surface area contributed by atoms with E-state index in [1.54, 1.807) is 18.2 Å². The molecule has 1 heterocycles. The molecule has 3 aromatic rings. The number of carbonyl (C=O) groups excluding carboxylic acids is 1. The second-order valence-corrected chi connectivity index (χ2v) is 8.79. The fourth-order valence-corrected chi connectivity index (χ4v) is 4.70. The maximum Gasteiger partial charge on any atom is 0.234 e. The summed E-state index contributed by atoms with van der Waals surface area (Å²) in [7, 11) is 0. The lowest BCUT2D eigenvalue weighted by molar-refractivity contribution is -0.113. The van der Waals surface area contributed by atoms with Crippen LogP contribution >= 0.6 is 35.0 Å². The van der Waals surface area contributed by atoms with Gasteiger partial charge in [-0.1, -0.05) is 77.4 Å². The van der Waals surface area contributed by atoms with Gasteiger partial charge in [0.1, 0.15) is 5.82 Å². The van der Waals surface area contributed by atoms with Gasteiger partial charge in [0.2, 0.25) is 5.91 Å². The predicted octanol–water partition coefficient (Wildman–Crippen LogP) is 5.77. The third-order valence-electron chi connectivity index (χ3n) is 4.97. The number of allylic oxidation sites excluding steroid dienone is 1. The van der Waals surface area contributed by atoms with Gasteiger partial charge in [-0.05, 0) is 30.0 Å². The van der Waals surface area contributed by atoms with Gasteiger partial charge in [0.25, 0.3) is 0 Å². The number of benzene rings is 2. The van der Waals surface area contributed by atoms with E-state index in [4.69, 9.17) is 23.2 Å². The Morgan fingerprint density at radius 3 is 2.57 bits per heavy atom. The van der Waals surface area contributed by atoms with Crippen LogP contribution in [0.5, 0.6) is 0 Å². The average Bonchev–Trinajstić information content (AvgIpc) is 3.45. The van der Waals surface area contributed by atoms with E-state index in [9.17, 15) is 4.79 Å². The third kappa shape index (κ3) is 4.56. The van der Waals surface area contributed by atoms with Crippen molar-refractivity contribution in [3.05, 3.63) is 82.6 Å². The molecule has 1 aromatic heterocycles. The van der Waals surface area contributed by atoms with E-state index >= 15 is 0 Å². The molecule has 1 amide bonds. The summed E-state index contributed by atoms with van der Waals surface area (Å²) in [5.41, 5.74) is 1.74. The average molecular weight is 459 g/mol. The highest BCUT2D eigenvalue weighted by atomic mass is 35.5. The molecule has 1 fully saturated rings. The fraction of sp³-hybridized carbons (Fsp3) is 0.227. The summed E-state index contributed by atoms with van der Waals surface area (Å²) >= 11 is 13.6. The molecule has 0 bridgehead atoms. The summed E-state index contributed by atoms with van der Waals surface area (Å²) in [6, 6.07) is 15.5. The summed E-state index contributed by atoms with van der Waals surface area (Å²) in [6.45, 7) is 4.45. The number of nitrogens with one attached hydrogen (secondary N) is 1. The molecular formula is C22H20Cl2N4OS. The van der Waals surface area contributed by atoms with Gasteiger partial charge in [-0.15, -0.1) is 16.8 Å². The number of nitrogens with zero attached hydrogens (tertiary/aromatic N) is 3. The molecule has 0 radical (unpaired) electrons. The van der Waals surface area contributed by atoms with Crippen LogP contribution in [0.25, 0.3) is 0 Å². The lowest BCUT2D eigenvalue weighted by Crippen LogP contribution is -2.15. The predicted molar refractivity (Wildman–Crippen MR) is 123 cm³/mol. The van der Waals surface area contributed by atoms with Crippen molar-refractivity contribution in [1.29, 1.82) is 0 Å². The number of thioether (sulfide) groups is 1. The number of anilines is 1. The quantitative estimate of drug-likeness (QED) is 0.343. The molecule has 0 aliphatic heterocycles. The number of carbonyl (C=O) groups is 1. The molecule has 5 nitrogen and oxygen atoms in total. The lowest BCUT2D eigenvalue weighted by atomic mass is 10.1. The summed E-state index contributed by atoms with van der Waals surface area (Å²) in [6.07, 6.45) is 2.87. The Morgan fingerprint density at radius 2 is 1.87 bits per heavy atom. The first kappa shape index (κ1) is 21.0. The van der Waals surface area contributed by atoms with Gasteiger partial charge in [0.05, 0.1) is 21.5 Å². The van der Waals surface area contributed by atoms with E-state index < -0.39 is 0 Å². The van der Waals surface area contributed by atoms with Crippen molar-refractivity contribution in [2.45, 2.75) is 30.0 Å². The molecule has 1 N–H and O–H groups in total. The van der Waals surface area contributed by atoms with Crippen molar-refractivity contribution in [3.8, 4) is 0 Å². The second-order valence-electron chi connectivity index (χ2n) is 7.03. The molecule has 0 spiro atoms. The van der Waals surface area contributed by atoms with Crippen LogP contribution in [0.4, 0.5) is 5.69 Å². The third-order valence-corrected chi connectivity index (χ3v) is 6.56. The van der Waals surface area contributed by atoms with Crippen molar-refractivity contribution < 1.29 is 4.79 Å². The Hall–Kier alpha value is -2.28. The molecule has 1 saturated carbocycles. The van der Waals surface area contributed by atoms with Gasteiger partial charge in [-0.3, -0.25) is 4.79 Å². The van der Waals surface area contributed by atoms with Crippen LogP contribution in [0.2, 0.25) is 10.0 Å². The van der Waals surface area contributed by atoms with E-state index in [2.05, 4.69) is 46.4 Å². The number of rotatable bonds is 8. The second kappa shape index (κ2) is 9.25. The highest BCUT2D eigenvalue weighted by Gasteiger charge is 2.43. The first-order valence-electron chi connectivity index (χ1n) is 9.54. The van der Waals surface area contributed by atoms with Crippen LogP contribution in [0, 0.1) is 0 Å². The first-order chi connectivity index (χ1) is 14.6. The number of amides is 1. The standard InChI is InChI=1S/C22H20Cl2N4OS/c1-2-11-28-21(16-12-15(16)14-7-4-3-5-8-14)26-27-22(28)30-13-19(29)25-20-17(23)9-6-10-18(20)24/h2-10,15-16H,1,11-13H2,(H,25,29). The molecular weight excluding hydrogens is 439 g/mol. The molecule has 8 heteroatoms. The van der Waals surface area contributed by atoms with E-state index in [1.165, 1.54) is 17.3 Å². The molecule has 154 valence electrons. The highest BCUT2D eigenvalue weighted by Crippen LogP contribution is 2.54. The molecule has 2 atom stereocenters. The van der Waals surface area contributed by atoms with Gasteiger partial charge < -0.3 is 9.88 Å². The van der Waals surface area contributed by atoms with Crippen LogP contribution in [-0.2, 0) is 11.3 Å². The number of hydrogen-bond acceptors (Lipinski definition) is 4. The zero-order valence-corrected chi connectivity index (χ0v) is 18.4. The lowest BCUT2D eigenvalue weighted by Gasteiger charge is -2.10. The Labute approximate surface area is 189 Å². The van der Waals surface area contributed by atoms with E-state index in [0.29, 0.717) is 39.3 Å². The monoisotopic (exact) mass is 458 g/mol. The molecule has 1 aliphatic carbocycles. The summed E-state index contributed by atoms with van der Waals surface area (Å²) < 4.78 is 2.04. The summed E-state index contributed by atoms with van der Waals surface area (Å²) in [5.74, 6) is 1.70. The number of hydrogen-bond donors (Lipinski definition) is 1. The zero-order valence-electron chi connectivity index (χ0n) is 16.1. The van der Waals surface area contributed by atoms with Crippen molar-refractivity contribution in [2.75, 3.05) is 11.1 Å². The Balaban J connectivity index is 1.44. The first-order valence-corrected chi connectivity index (χ1v) is 11.3. The Kier molecular flexibility index (Phi) is 6.46. The van der Waals surface area contributed by atoms with Crippen molar-refractivity contribution >= 4 is 46.6 Å². The van der Waals surface area contributed by atoms with Crippen molar-refractivity contribution in [3.63, 3.8) is 0 Å². The largest absolute Gasteiger partial charge is 0.323 e. The van der Waals surface area contributed by atoms with E-state index in [1.807, 2.05) is 16.7 Å². The minimum absolute atomic E-state index is 0.170. The Morgan fingerprint density at radius 1 is 1.13 bits per heavy atom. The number of halogens is 2. The van der Waals surface area contributed by atoms with Gasteiger partial charge in [0, 0.05) is 12.5 Å². The van der Waals surface area contributed by atoms with E-state index in [-0.39, 0.29) is 11.7 Å². The maximum atomic E-state index is 12.4.